The van der Waals surface area contributed by atoms with Crippen molar-refractivity contribution in [2.24, 2.45) is 5.92 Å². The first kappa shape index (κ1) is 24.7. The fourth-order valence-corrected chi connectivity index (χ4v) is 5.50. The van der Waals surface area contributed by atoms with Gasteiger partial charge in [0.15, 0.2) is 0 Å². The highest BCUT2D eigenvalue weighted by molar-refractivity contribution is 7.92. The topological polar surface area (TPSA) is 99.6 Å². The van der Waals surface area contributed by atoms with E-state index in [1.807, 2.05) is 36.9 Å². The molecule has 4 rings (SSSR count). The monoisotopic (exact) mass is 493 g/mol. The van der Waals surface area contributed by atoms with Gasteiger partial charge >= 0.3 is 5.97 Å². The number of nitrogens with zero attached hydrogens (tertiary/aromatic N) is 2. The zero-order valence-electron chi connectivity index (χ0n) is 20.0. The number of hydrogen-bond acceptors (Lipinski definition) is 5. The molecule has 35 heavy (non-hydrogen) atoms. The molecule has 1 aliphatic heterocycles. The fourth-order valence-electron chi connectivity index (χ4n) is 4.47. The van der Waals surface area contributed by atoms with Crippen LogP contribution >= 0.6 is 0 Å². The molecule has 0 unspecified atom stereocenters. The Kier molecular flexibility index (Phi) is 7.40. The summed E-state index contributed by atoms with van der Waals surface area (Å²) in [6.45, 7) is 5.48. The molecule has 1 aromatic heterocycles. The molecular weight excluding hydrogens is 462 g/mol. The normalized spacial score (nSPS) is 14.8. The number of carboxylic acids is 1. The van der Waals surface area contributed by atoms with Gasteiger partial charge in [-0.15, -0.1) is 0 Å². The molecule has 0 saturated carbocycles. The van der Waals surface area contributed by atoms with Crippen molar-refractivity contribution in [3.8, 4) is 0 Å². The first-order chi connectivity index (χ1) is 16.7. The fraction of sp³-hybridized carbons (Fsp3) is 0.333. The van der Waals surface area contributed by atoms with E-state index in [1.165, 1.54) is 17.8 Å². The quantitative estimate of drug-likeness (QED) is 0.449. The number of anilines is 2. The summed E-state index contributed by atoms with van der Waals surface area (Å²) in [5.74, 6) is 0.0641. The Hall–Kier alpha value is -3.39. The van der Waals surface area contributed by atoms with Crippen molar-refractivity contribution in [1.82, 2.24) is 4.98 Å². The summed E-state index contributed by atoms with van der Waals surface area (Å²) in [5.41, 5.74) is 2.46. The molecule has 7 nitrogen and oxygen atoms in total. The lowest BCUT2D eigenvalue weighted by atomic mass is 9.90. The zero-order valence-corrected chi connectivity index (χ0v) is 20.8. The molecule has 184 valence electrons. The molecule has 0 aliphatic carbocycles. The number of aromatic carboxylic acids is 1. The van der Waals surface area contributed by atoms with Crippen LogP contribution in [0.2, 0.25) is 0 Å². The summed E-state index contributed by atoms with van der Waals surface area (Å²) < 4.78 is 28.2. The Morgan fingerprint density at radius 3 is 2.34 bits per heavy atom. The number of pyridine rings is 1. The van der Waals surface area contributed by atoms with Gasteiger partial charge in [0, 0.05) is 13.1 Å². The third-order valence-electron chi connectivity index (χ3n) is 6.49. The predicted molar refractivity (Wildman–Crippen MR) is 138 cm³/mol. The van der Waals surface area contributed by atoms with Gasteiger partial charge in [0.2, 0.25) is 0 Å². The van der Waals surface area contributed by atoms with Crippen LogP contribution < -0.4 is 9.62 Å². The average Bonchev–Trinajstić information content (AvgIpc) is 2.85. The van der Waals surface area contributed by atoms with Crippen LogP contribution in [0.4, 0.5) is 11.5 Å². The lowest BCUT2D eigenvalue weighted by Crippen LogP contribution is -2.36. The second-order valence-electron chi connectivity index (χ2n) is 9.35. The molecule has 0 bridgehead atoms. The maximum atomic E-state index is 12.8. The molecule has 0 spiro atoms. The number of sulfonamides is 1. The Bertz CT molecular complexity index is 1270. The number of carbonyl (C=O) groups is 1. The molecule has 8 heteroatoms. The SMILES string of the molecule is CC(C)c1ccc(S(=O)(=O)Nc2cnc(N3CCC(Cc4ccccc4)CC3)c(C(=O)O)c2)cc1. The highest BCUT2D eigenvalue weighted by Crippen LogP contribution is 2.29. The van der Waals surface area contributed by atoms with Crippen LogP contribution in [0.5, 0.6) is 0 Å². The second-order valence-corrected chi connectivity index (χ2v) is 11.0. The van der Waals surface area contributed by atoms with Gasteiger partial charge in [-0.3, -0.25) is 4.72 Å². The van der Waals surface area contributed by atoms with Crippen molar-refractivity contribution in [1.29, 1.82) is 0 Å². The van der Waals surface area contributed by atoms with Crippen LogP contribution in [0, 0.1) is 5.92 Å². The van der Waals surface area contributed by atoms with Gasteiger partial charge in [-0.05, 0) is 60.4 Å². The lowest BCUT2D eigenvalue weighted by Gasteiger charge is -2.33. The van der Waals surface area contributed by atoms with Crippen molar-refractivity contribution in [3.63, 3.8) is 0 Å². The molecule has 0 atom stereocenters. The van der Waals surface area contributed by atoms with Crippen LogP contribution in [0.3, 0.4) is 0 Å². The average molecular weight is 494 g/mol. The number of benzene rings is 2. The van der Waals surface area contributed by atoms with Crippen molar-refractivity contribution in [2.45, 2.75) is 43.9 Å². The second kappa shape index (κ2) is 10.5. The highest BCUT2D eigenvalue weighted by atomic mass is 32.2. The van der Waals surface area contributed by atoms with E-state index in [0.717, 1.165) is 24.8 Å². The van der Waals surface area contributed by atoms with E-state index in [1.54, 1.807) is 24.3 Å². The van der Waals surface area contributed by atoms with E-state index >= 15 is 0 Å². The molecule has 1 aliphatic rings. The molecule has 0 radical (unpaired) electrons. The minimum absolute atomic E-state index is 0.0122. The van der Waals surface area contributed by atoms with Crippen LogP contribution in [0.15, 0.2) is 71.8 Å². The van der Waals surface area contributed by atoms with Crippen LogP contribution in [0.1, 0.15) is 54.1 Å². The summed E-state index contributed by atoms with van der Waals surface area (Å²) in [6.07, 6.45) is 4.28. The van der Waals surface area contributed by atoms with Crippen LogP contribution in [-0.2, 0) is 16.4 Å². The first-order valence-corrected chi connectivity index (χ1v) is 13.4. The molecule has 0 amide bonds. The van der Waals surface area contributed by atoms with E-state index < -0.39 is 16.0 Å². The number of hydrogen-bond donors (Lipinski definition) is 2. The van der Waals surface area contributed by atoms with Crippen molar-refractivity contribution < 1.29 is 18.3 Å². The summed E-state index contributed by atoms with van der Waals surface area (Å²) in [7, 11) is -3.87. The molecule has 1 saturated heterocycles. The van der Waals surface area contributed by atoms with Crippen LogP contribution in [0.25, 0.3) is 0 Å². The van der Waals surface area contributed by atoms with Gasteiger partial charge in [-0.2, -0.15) is 0 Å². The highest BCUT2D eigenvalue weighted by Gasteiger charge is 2.25. The smallest absolute Gasteiger partial charge is 0.339 e. The number of piperidine rings is 1. The third kappa shape index (κ3) is 6.00. The lowest BCUT2D eigenvalue weighted by molar-refractivity contribution is 0.0697. The van der Waals surface area contributed by atoms with E-state index in [2.05, 4.69) is 21.8 Å². The van der Waals surface area contributed by atoms with Gasteiger partial charge in [0.1, 0.15) is 11.4 Å². The number of aromatic nitrogens is 1. The van der Waals surface area contributed by atoms with E-state index in [4.69, 9.17) is 0 Å². The van der Waals surface area contributed by atoms with Crippen LogP contribution in [-0.4, -0.2) is 37.6 Å². The maximum absolute atomic E-state index is 12.8. The summed E-state index contributed by atoms with van der Waals surface area (Å²) in [5, 5.41) is 9.82. The third-order valence-corrected chi connectivity index (χ3v) is 7.88. The van der Waals surface area contributed by atoms with Crippen molar-refractivity contribution >= 4 is 27.5 Å². The summed E-state index contributed by atoms with van der Waals surface area (Å²) >= 11 is 0. The molecule has 2 N–H and O–H groups in total. The molecule has 3 aromatic rings. The molecule has 1 fully saturated rings. The van der Waals surface area contributed by atoms with E-state index in [0.29, 0.717) is 24.8 Å². The van der Waals surface area contributed by atoms with Crippen molar-refractivity contribution in [3.05, 3.63) is 83.6 Å². The first-order valence-electron chi connectivity index (χ1n) is 11.9. The summed E-state index contributed by atoms with van der Waals surface area (Å²) in [6, 6.07) is 18.4. The Morgan fingerprint density at radius 2 is 1.74 bits per heavy atom. The minimum atomic E-state index is -3.87. The maximum Gasteiger partial charge on any atom is 0.339 e. The van der Waals surface area contributed by atoms with Gasteiger partial charge < -0.3 is 10.0 Å². The standard InChI is InChI=1S/C27H31N3O4S/c1-19(2)22-8-10-24(11-9-22)35(33,34)29-23-17-25(27(31)32)26(28-18-23)30-14-12-21(13-15-30)16-20-6-4-3-5-7-20/h3-11,17-19,21,29H,12-16H2,1-2H3,(H,31,32). The minimum Gasteiger partial charge on any atom is -0.478 e. The number of rotatable bonds is 8. The molecule has 2 aromatic carbocycles. The summed E-state index contributed by atoms with van der Waals surface area (Å²) in [4.78, 5) is 18.5. The van der Waals surface area contributed by atoms with E-state index in [9.17, 15) is 18.3 Å². The Morgan fingerprint density at radius 1 is 1.09 bits per heavy atom. The van der Waals surface area contributed by atoms with Gasteiger partial charge in [0.05, 0.1) is 16.8 Å². The molecular formula is C27H31N3O4S. The van der Waals surface area contributed by atoms with Crippen molar-refractivity contribution in [2.75, 3.05) is 22.7 Å². The number of carboxylic acid groups (broad SMARTS) is 1. The van der Waals surface area contributed by atoms with Gasteiger partial charge in [-0.1, -0.05) is 56.3 Å². The largest absolute Gasteiger partial charge is 0.478 e. The van der Waals surface area contributed by atoms with Gasteiger partial charge in [0.25, 0.3) is 10.0 Å². The number of nitrogens with one attached hydrogen (secondary N) is 1. The predicted octanol–water partition coefficient (Wildman–Crippen LogP) is 5.16. The zero-order chi connectivity index (χ0) is 25.0. The van der Waals surface area contributed by atoms with Gasteiger partial charge in [-0.25, -0.2) is 18.2 Å². The Balaban J connectivity index is 1.47. The molecule has 2 heterocycles. The Labute approximate surface area is 206 Å². The van der Waals surface area contributed by atoms with E-state index in [-0.39, 0.29) is 22.1 Å².